The summed E-state index contributed by atoms with van der Waals surface area (Å²) in [6.07, 6.45) is 0. The summed E-state index contributed by atoms with van der Waals surface area (Å²) in [5.41, 5.74) is 31.3. The van der Waals surface area contributed by atoms with Gasteiger partial charge in [-0.3, -0.25) is 0 Å². The summed E-state index contributed by atoms with van der Waals surface area (Å²) in [5, 5.41) is 4.71. The fourth-order valence-corrected chi connectivity index (χ4v) is 14.8. The third-order valence-electron chi connectivity index (χ3n) is 18.5. The van der Waals surface area contributed by atoms with Crippen LogP contribution in [-0.2, 0) is 10.8 Å². The van der Waals surface area contributed by atoms with Crippen molar-refractivity contribution >= 4 is 60.8 Å². The predicted octanol–water partition coefficient (Wildman–Crippen LogP) is 20.8. The number of furan rings is 1. The zero-order valence-electron chi connectivity index (χ0n) is 45.6. The maximum absolute atomic E-state index is 6.58. The van der Waals surface area contributed by atoms with E-state index in [-0.39, 0.29) is 5.41 Å². The van der Waals surface area contributed by atoms with E-state index in [1.54, 1.807) is 0 Å². The van der Waals surface area contributed by atoms with Gasteiger partial charge in [0, 0.05) is 38.6 Å². The quantitative estimate of drug-likeness (QED) is 0.166. The van der Waals surface area contributed by atoms with Crippen LogP contribution in [-0.4, -0.2) is 4.57 Å². The summed E-state index contributed by atoms with van der Waals surface area (Å²) in [6, 6.07) is 95.4. The first-order chi connectivity index (χ1) is 39.7. The number of benzene rings is 12. The van der Waals surface area contributed by atoms with Gasteiger partial charge in [-0.15, -0.1) is 0 Å². The summed E-state index contributed by atoms with van der Waals surface area (Å²) < 4.78 is 9.01. The van der Waals surface area contributed by atoms with Gasteiger partial charge < -0.3 is 13.9 Å². The Bertz CT molecular complexity index is 4920. The van der Waals surface area contributed by atoms with E-state index in [0.717, 1.165) is 55.8 Å². The molecule has 0 amide bonds. The smallest absolute Gasteiger partial charge is 0.137 e. The van der Waals surface area contributed by atoms with Gasteiger partial charge in [-0.2, -0.15) is 0 Å². The maximum atomic E-state index is 6.58. The lowest BCUT2D eigenvalue weighted by Gasteiger charge is -2.32. The highest BCUT2D eigenvalue weighted by Gasteiger charge is 2.51. The number of aryl methyl sites for hydroxylation is 2. The van der Waals surface area contributed by atoms with E-state index in [1.807, 2.05) is 0 Å². The van der Waals surface area contributed by atoms with Crippen LogP contribution in [0.4, 0.5) is 17.1 Å². The van der Waals surface area contributed by atoms with Gasteiger partial charge in [0.1, 0.15) is 11.2 Å². The number of nitrogens with zero attached hydrogens (tertiary/aromatic N) is 2. The molecule has 3 aliphatic rings. The summed E-state index contributed by atoms with van der Waals surface area (Å²) in [6.45, 7) is 9.14. The first kappa shape index (κ1) is 46.0. The summed E-state index contributed by atoms with van der Waals surface area (Å²) in [7, 11) is 0. The molecule has 17 rings (SSSR count). The van der Waals surface area contributed by atoms with Gasteiger partial charge in [-0.25, -0.2) is 0 Å². The second-order valence-corrected chi connectivity index (χ2v) is 23.3. The van der Waals surface area contributed by atoms with E-state index in [2.05, 4.69) is 292 Å². The first-order valence-electron chi connectivity index (χ1n) is 28.4. The van der Waals surface area contributed by atoms with E-state index in [4.69, 9.17) is 4.42 Å². The van der Waals surface area contributed by atoms with Gasteiger partial charge in [0.25, 0.3) is 0 Å². The molecule has 2 heterocycles. The fourth-order valence-electron chi connectivity index (χ4n) is 14.8. The normalized spacial score (nSPS) is 13.9. The van der Waals surface area contributed by atoms with Gasteiger partial charge in [-0.1, -0.05) is 195 Å². The van der Waals surface area contributed by atoms with Crippen molar-refractivity contribution in [3.05, 3.63) is 299 Å². The Balaban J connectivity index is 0.765. The minimum atomic E-state index is -0.472. The number of hydrogen-bond donors (Lipinski definition) is 0. The average molecular weight is 1040 g/mol. The van der Waals surface area contributed by atoms with Crippen LogP contribution >= 0.6 is 0 Å². The van der Waals surface area contributed by atoms with Crippen LogP contribution in [0.2, 0.25) is 0 Å². The monoisotopic (exact) mass is 1030 g/mol. The molecule has 0 unspecified atom stereocenters. The van der Waals surface area contributed by atoms with Gasteiger partial charge in [0.05, 0.1) is 27.5 Å². The Morgan fingerprint density at radius 3 is 1.56 bits per heavy atom. The Morgan fingerprint density at radius 1 is 0.346 bits per heavy atom. The third-order valence-corrected chi connectivity index (χ3v) is 18.5. The Labute approximate surface area is 471 Å². The second-order valence-electron chi connectivity index (χ2n) is 23.3. The molecule has 0 saturated heterocycles. The van der Waals surface area contributed by atoms with Crippen molar-refractivity contribution in [1.82, 2.24) is 4.57 Å². The number of fused-ring (bicyclic) bond motifs is 19. The average Bonchev–Trinajstić information content (AvgIpc) is 4.40. The lowest BCUT2D eigenvalue weighted by molar-refractivity contribution is 0.660. The minimum absolute atomic E-state index is 0.0672. The molecule has 3 aliphatic carbocycles. The molecule has 2 aromatic heterocycles. The lowest BCUT2D eigenvalue weighted by Crippen LogP contribution is -2.26. The van der Waals surface area contributed by atoms with E-state index < -0.39 is 5.41 Å². The molecule has 0 fully saturated rings. The van der Waals surface area contributed by atoms with Crippen LogP contribution in [0.25, 0.3) is 105 Å². The number of hydrogen-bond acceptors (Lipinski definition) is 2. The SMILES string of the molecule is Cc1ccc2c(c1)C(C)(C)c1cc(-c3ccc4c(c3)c3cc(C)ccc3n4-c3ccc(-c4ccc(N(c5ccc6c(c5)C5(c7ccccc7-c7ccccc75)c5ccccc5-6)c5cccc6oc7ccccc7c56)cc4)cc3)ccc1-2. The largest absolute Gasteiger partial charge is 0.456 e. The van der Waals surface area contributed by atoms with Gasteiger partial charge in [0.15, 0.2) is 0 Å². The predicted molar refractivity (Wildman–Crippen MR) is 337 cm³/mol. The molecule has 0 saturated carbocycles. The summed E-state index contributed by atoms with van der Waals surface area (Å²) in [5.74, 6) is 0. The van der Waals surface area contributed by atoms with Crippen molar-refractivity contribution in [1.29, 1.82) is 0 Å². The highest BCUT2D eigenvalue weighted by molar-refractivity contribution is 6.14. The Kier molecular flexibility index (Phi) is 9.53. The second kappa shape index (κ2) is 16.8. The molecule has 0 atom stereocenters. The van der Waals surface area contributed by atoms with Crippen molar-refractivity contribution in [3.63, 3.8) is 0 Å². The molecule has 3 heteroatoms. The number of para-hydroxylation sites is 1. The molecule has 382 valence electrons. The fraction of sp³-hybridized carbons (Fsp3) is 0.0769. The maximum Gasteiger partial charge on any atom is 0.137 e. The van der Waals surface area contributed by atoms with Gasteiger partial charge >= 0.3 is 0 Å². The summed E-state index contributed by atoms with van der Waals surface area (Å²) in [4.78, 5) is 2.45. The van der Waals surface area contributed by atoms with Crippen molar-refractivity contribution in [2.75, 3.05) is 4.90 Å². The van der Waals surface area contributed by atoms with Crippen molar-refractivity contribution < 1.29 is 4.42 Å². The zero-order valence-corrected chi connectivity index (χ0v) is 45.6. The molecule has 0 N–H and O–H groups in total. The van der Waals surface area contributed by atoms with Crippen LogP contribution in [0.1, 0.15) is 58.4 Å². The minimum Gasteiger partial charge on any atom is -0.456 e. The number of anilines is 3. The topological polar surface area (TPSA) is 21.3 Å². The molecule has 81 heavy (non-hydrogen) atoms. The van der Waals surface area contributed by atoms with Crippen LogP contribution < -0.4 is 4.90 Å². The zero-order chi connectivity index (χ0) is 53.9. The molecular formula is C78H54N2O. The molecule has 0 radical (unpaired) electrons. The van der Waals surface area contributed by atoms with Crippen molar-refractivity contribution in [2.24, 2.45) is 0 Å². The van der Waals surface area contributed by atoms with Crippen molar-refractivity contribution in [2.45, 2.75) is 38.5 Å². The standard InChI is InChI=1S/C78H54N2O/c1-47-25-40-71-63(42-47)64-44-51(52-30-38-60-59-37-24-48(2)43-68(59)77(3,4)69(60)45-52)31-41-72(64)80(71)54-34-28-50(29-35-54)49-26-32-53(33-27-49)79(73-21-13-23-75-76(73)62-17-8-12-22-74(62)81-75)55-36-39-61-58-16-7-11-20-67(58)78(70(61)46-55)65-18-9-5-14-56(65)57-15-6-10-19-66(57)78/h5-46H,1-4H3. The molecule has 12 aromatic carbocycles. The molecule has 0 aliphatic heterocycles. The highest BCUT2D eigenvalue weighted by atomic mass is 16.3. The van der Waals surface area contributed by atoms with E-state index in [9.17, 15) is 0 Å². The van der Waals surface area contributed by atoms with Crippen LogP contribution in [0.15, 0.2) is 259 Å². The number of aromatic nitrogens is 1. The van der Waals surface area contributed by atoms with E-state index in [0.29, 0.717) is 0 Å². The van der Waals surface area contributed by atoms with Crippen molar-refractivity contribution in [3.8, 4) is 61.3 Å². The molecule has 14 aromatic rings. The van der Waals surface area contributed by atoms with Gasteiger partial charge in [-0.05, 0) is 188 Å². The van der Waals surface area contributed by atoms with Crippen LogP contribution in [0, 0.1) is 13.8 Å². The summed E-state index contributed by atoms with van der Waals surface area (Å²) >= 11 is 0. The number of rotatable bonds is 6. The van der Waals surface area contributed by atoms with Crippen LogP contribution in [0.5, 0.6) is 0 Å². The Morgan fingerprint density at radius 2 is 0.840 bits per heavy atom. The highest BCUT2D eigenvalue weighted by Crippen LogP contribution is 2.63. The van der Waals surface area contributed by atoms with Gasteiger partial charge in [0.2, 0.25) is 0 Å². The molecular weight excluding hydrogens is 981 g/mol. The Hall–Kier alpha value is -9.96. The van der Waals surface area contributed by atoms with Crippen LogP contribution in [0.3, 0.4) is 0 Å². The van der Waals surface area contributed by atoms with E-state index in [1.165, 1.54) is 111 Å². The molecule has 1 spiro atoms. The molecule has 0 bridgehead atoms. The molecule has 3 nitrogen and oxygen atoms in total. The lowest BCUT2D eigenvalue weighted by atomic mass is 9.70. The van der Waals surface area contributed by atoms with E-state index >= 15 is 0 Å². The first-order valence-corrected chi connectivity index (χ1v) is 28.4. The third kappa shape index (κ3) is 6.40.